The number of amidine groups is 1. The Morgan fingerprint density at radius 1 is 1.32 bits per heavy atom. The average Bonchev–Trinajstić information content (AvgIpc) is 3.33. The van der Waals surface area contributed by atoms with E-state index in [1.54, 1.807) is 12.3 Å². The second-order valence-corrected chi connectivity index (χ2v) is 8.58. The topological polar surface area (TPSA) is 45.8 Å². The molecule has 1 aliphatic carbocycles. The lowest BCUT2D eigenvalue weighted by Crippen LogP contribution is -2.31. The van der Waals surface area contributed by atoms with Crippen molar-refractivity contribution in [2.75, 3.05) is 13.1 Å². The normalized spacial score (nSPS) is 21.0. The highest BCUT2D eigenvalue weighted by atomic mass is 32.2. The SMILES string of the molecule is CCCCN1CC2(CCCC2)SC1=NC(=O)c1ccc2occc2c1. The molecule has 2 heterocycles. The number of rotatable bonds is 4. The fraction of sp³-hybridized carbons (Fsp3) is 0.500. The van der Waals surface area contributed by atoms with Crippen LogP contribution >= 0.6 is 11.8 Å². The van der Waals surface area contributed by atoms with Gasteiger partial charge in [-0.15, -0.1) is 0 Å². The summed E-state index contributed by atoms with van der Waals surface area (Å²) < 4.78 is 5.64. The van der Waals surface area contributed by atoms with Crippen molar-refractivity contribution in [1.29, 1.82) is 0 Å². The molecule has 1 aromatic carbocycles. The molecule has 1 amide bonds. The van der Waals surface area contributed by atoms with Crippen LogP contribution < -0.4 is 0 Å². The third kappa shape index (κ3) is 3.34. The first kappa shape index (κ1) is 16.7. The molecule has 2 fully saturated rings. The van der Waals surface area contributed by atoms with E-state index in [0.29, 0.717) is 10.3 Å². The molecule has 2 aromatic rings. The largest absolute Gasteiger partial charge is 0.464 e. The number of nitrogens with zero attached hydrogens (tertiary/aromatic N) is 2. The highest BCUT2D eigenvalue weighted by Crippen LogP contribution is 2.47. The Labute approximate surface area is 152 Å². The van der Waals surface area contributed by atoms with Gasteiger partial charge in [-0.05, 0) is 43.5 Å². The Morgan fingerprint density at radius 3 is 2.96 bits per heavy atom. The van der Waals surface area contributed by atoms with E-state index in [1.807, 2.05) is 30.0 Å². The van der Waals surface area contributed by atoms with Gasteiger partial charge in [-0.2, -0.15) is 4.99 Å². The Bertz CT molecular complexity index is 805. The summed E-state index contributed by atoms with van der Waals surface area (Å²) in [6.07, 6.45) is 9.04. The molecule has 4 nitrogen and oxygen atoms in total. The monoisotopic (exact) mass is 356 g/mol. The first-order valence-corrected chi connectivity index (χ1v) is 10.0. The molecule has 0 unspecified atom stereocenters. The summed E-state index contributed by atoms with van der Waals surface area (Å²) in [5.41, 5.74) is 1.43. The van der Waals surface area contributed by atoms with Crippen molar-refractivity contribution in [2.24, 2.45) is 4.99 Å². The number of carbonyl (C=O) groups is 1. The molecule has 5 heteroatoms. The van der Waals surface area contributed by atoms with Gasteiger partial charge in [0.2, 0.25) is 0 Å². The lowest BCUT2D eigenvalue weighted by Gasteiger charge is -2.21. The minimum atomic E-state index is -0.151. The van der Waals surface area contributed by atoms with Crippen molar-refractivity contribution in [3.63, 3.8) is 0 Å². The fourth-order valence-corrected chi connectivity index (χ4v) is 5.37. The number of furan rings is 1. The second kappa shape index (κ2) is 6.87. The van der Waals surface area contributed by atoms with Gasteiger partial charge in [0.15, 0.2) is 5.17 Å². The van der Waals surface area contributed by atoms with Gasteiger partial charge >= 0.3 is 0 Å². The molecular formula is C20H24N2O2S. The molecule has 0 N–H and O–H groups in total. The van der Waals surface area contributed by atoms with Crippen LogP contribution in [0.15, 0.2) is 39.9 Å². The minimum Gasteiger partial charge on any atom is -0.464 e. The Kier molecular flexibility index (Phi) is 4.59. The number of fused-ring (bicyclic) bond motifs is 1. The van der Waals surface area contributed by atoms with Crippen LogP contribution in [-0.4, -0.2) is 33.8 Å². The second-order valence-electron chi connectivity index (χ2n) is 7.14. The van der Waals surface area contributed by atoms with Crippen molar-refractivity contribution in [3.05, 3.63) is 36.1 Å². The summed E-state index contributed by atoms with van der Waals surface area (Å²) in [6, 6.07) is 7.40. The van der Waals surface area contributed by atoms with Gasteiger partial charge in [0, 0.05) is 28.8 Å². The smallest absolute Gasteiger partial charge is 0.279 e. The Morgan fingerprint density at radius 2 is 2.16 bits per heavy atom. The first-order chi connectivity index (χ1) is 12.2. The number of benzene rings is 1. The zero-order valence-electron chi connectivity index (χ0n) is 14.7. The molecule has 1 saturated carbocycles. The van der Waals surface area contributed by atoms with E-state index in [2.05, 4.69) is 16.8 Å². The maximum absolute atomic E-state index is 12.7. The van der Waals surface area contributed by atoms with Crippen LogP contribution in [0.25, 0.3) is 11.0 Å². The van der Waals surface area contributed by atoms with Gasteiger partial charge < -0.3 is 9.32 Å². The molecule has 4 rings (SSSR count). The zero-order chi connectivity index (χ0) is 17.3. The van der Waals surface area contributed by atoms with E-state index in [-0.39, 0.29) is 5.91 Å². The van der Waals surface area contributed by atoms with Crippen molar-refractivity contribution in [2.45, 2.75) is 50.2 Å². The molecule has 0 atom stereocenters. The number of hydrogen-bond donors (Lipinski definition) is 0. The summed E-state index contributed by atoms with van der Waals surface area (Å²) >= 11 is 1.84. The molecular weight excluding hydrogens is 332 g/mol. The Hall–Kier alpha value is -1.75. The molecule has 1 spiro atoms. The molecule has 1 saturated heterocycles. The number of thioether (sulfide) groups is 1. The number of amides is 1. The zero-order valence-corrected chi connectivity index (χ0v) is 15.5. The third-order valence-electron chi connectivity index (χ3n) is 5.25. The van der Waals surface area contributed by atoms with Crippen LogP contribution in [0.4, 0.5) is 0 Å². The predicted octanol–water partition coefficient (Wildman–Crippen LogP) is 5.09. The molecule has 2 aliphatic rings. The molecule has 25 heavy (non-hydrogen) atoms. The number of hydrogen-bond acceptors (Lipinski definition) is 3. The van der Waals surface area contributed by atoms with Crippen molar-refractivity contribution in [1.82, 2.24) is 4.90 Å². The summed E-state index contributed by atoms with van der Waals surface area (Å²) in [5, 5.41) is 1.87. The lowest BCUT2D eigenvalue weighted by atomic mass is 10.1. The van der Waals surface area contributed by atoms with E-state index < -0.39 is 0 Å². The van der Waals surface area contributed by atoms with Crippen LogP contribution in [0.2, 0.25) is 0 Å². The molecule has 1 aliphatic heterocycles. The number of unbranched alkanes of at least 4 members (excludes halogenated alkanes) is 1. The summed E-state index contributed by atoms with van der Waals surface area (Å²) in [7, 11) is 0. The minimum absolute atomic E-state index is 0.151. The van der Waals surface area contributed by atoms with E-state index in [0.717, 1.165) is 42.1 Å². The van der Waals surface area contributed by atoms with Crippen LogP contribution in [0.3, 0.4) is 0 Å². The van der Waals surface area contributed by atoms with Gasteiger partial charge in [-0.3, -0.25) is 4.79 Å². The van der Waals surface area contributed by atoms with E-state index in [4.69, 9.17) is 4.42 Å². The van der Waals surface area contributed by atoms with E-state index in [9.17, 15) is 4.79 Å². The van der Waals surface area contributed by atoms with Gasteiger partial charge in [0.25, 0.3) is 5.91 Å². The summed E-state index contributed by atoms with van der Waals surface area (Å²) in [5.74, 6) is -0.151. The molecule has 132 valence electrons. The van der Waals surface area contributed by atoms with Crippen molar-refractivity contribution >= 4 is 33.8 Å². The fourth-order valence-electron chi connectivity index (χ4n) is 3.85. The maximum atomic E-state index is 12.7. The number of carbonyl (C=O) groups excluding carboxylic acids is 1. The average molecular weight is 356 g/mol. The van der Waals surface area contributed by atoms with Crippen molar-refractivity contribution < 1.29 is 9.21 Å². The van der Waals surface area contributed by atoms with Gasteiger partial charge in [-0.1, -0.05) is 37.9 Å². The summed E-state index contributed by atoms with van der Waals surface area (Å²) in [6.45, 7) is 4.25. The molecule has 0 radical (unpaired) electrons. The third-order valence-corrected chi connectivity index (χ3v) is 6.75. The van der Waals surface area contributed by atoms with Crippen molar-refractivity contribution in [3.8, 4) is 0 Å². The first-order valence-electron chi connectivity index (χ1n) is 9.23. The summed E-state index contributed by atoms with van der Waals surface area (Å²) in [4.78, 5) is 19.6. The quantitative estimate of drug-likeness (QED) is 0.765. The molecule has 0 bridgehead atoms. The van der Waals surface area contributed by atoms with E-state index in [1.165, 1.54) is 25.7 Å². The predicted molar refractivity (Wildman–Crippen MR) is 103 cm³/mol. The van der Waals surface area contributed by atoms with Gasteiger partial charge in [-0.25, -0.2) is 0 Å². The van der Waals surface area contributed by atoms with Crippen LogP contribution in [0, 0.1) is 0 Å². The Balaban J connectivity index is 1.58. The van der Waals surface area contributed by atoms with Gasteiger partial charge in [0.05, 0.1) is 6.26 Å². The highest BCUT2D eigenvalue weighted by molar-refractivity contribution is 8.15. The van der Waals surface area contributed by atoms with Gasteiger partial charge in [0.1, 0.15) is 5.58 Å². The highest BCUT2D eigenvalue weighted by Gasteiger charge is 2.44. The standard InChI is InChI=1S/C20H24N2O2S/c1-2-3-11-22-14-20(9-4-5-10-20)25-19(22)21-18(23)16-6-7-17-15(13-16)8-12-24-17/h6-8,12-13H,2-5,9-11,14H2,1H3. The number of aliphatic imine (C=N–C) groups is 1. The van der Waals surface area contributed by atoms with E-state index >= 15 is 0 Å². The molecule has 1 aromatic heterocycles. The lowest BCUT2D eigenvalue weighted by molar-refractivity contribution is 0.100. The van der Waals surface area contributed by atoms with Crippen LogP contribution in [-0.2, 0) is 0 Å². The van der Waals surface area contributed by atoms with Crippen LogP contribution in [0.5, 0.6) is 0 Å². The van der Waals surface area contributed by atoms with Crippen LogP contribution in [0.1, 0.15) is 55.8 Å². The maximum Gasteiger partial charge on any atom is 0.279 e.